The first-order chi connectivity index (χ1) is 7.22. The van der Waals surface area contributed by atoms with Crippen molar-refractivity contribution >= 4 is 28.2 Å². The highest BCUT2D eigenvalue weighted by Crippen LogP contribution is 2.22. The largest absolute Gasteiger partial charge is 0.362 e. The van der Waals surface area contributed by atoms with Crippen LogP contribution in [0.1, 0.15) is 11.8 Å². The molecule has 0 aliphatic rings. The van der Waals surface area contributed by atoms with Gasteiger partial charge in [-0.15, -0.1) is 11.3 Å². The normalized spacial score (nSPS) is 10.9. The molecule has 0 amide bonds. The number of hydrogen-bond donors (Lipinski definition) is 1. The predicted molar refractivity (Wildman–Crippen MR) is 71.0 cm³/mol. The fraction of sp³-hybridized carbons (Fsp3) is 0.700. The molecular weight excluding hydrogens is 226 g/mol. The van der Waals surface area contributed by atoms with Gasteiger partial charge in [0.05, 0.1) is 0 Å². The fourth-order valence-corrected chi connectivity index (χ4v) is 3.10. The highest BCUT2D eigenvalue weighted by atomic mass is 32.2. The van der Waals surface area contributed by atoms with Crippen molar-refractivity contribution in [2.75, 3.05) is 38.3 Å². The van der Waals surface area contributed by atoms with Gasteiger partial charge in [0.25, 0.3) is 0 Å². The molecule has 15 heavy (non-hydrogen) atoms. The molecule has 0 aromatic carbocycles. The highest BCUT2D eigenvalue weighted by Gasteiger charge is 2.00. The van der Waals surface area contributed by atoms with E-state index in [-0.39, 0.29) is 0 Å². The van der Waals surface area contributed by atoms with E-state index >= 15 is 0 Å². The van der Waals surface area contributed by atoms with Crippen LogP contribution in [-0.2, 0) is 5.75 Å². The lowest BCUT2D eigenvalue weighted by atomic mass is 10.6. The molecule has 0 atom stereocenters. The standard InChI is InChI=1S/C10H19N3S2/c1-4-11-10-12-7-9(15-10)8-14-6-5-13(2)3/h7H,4-6,8H2,1-3H3,(H,11,12). The van der Waals surface area contributed by atoms with E-state index in [1.807, 2.05) is 18.0 Å². The molecule has 5 heteroatoms. The van der Waals surface area contributed by atoms with Crippen LogP contribution in [0.3, 0.4) is 0 Å². The van der Waals surface area contributed by atoms with Gasteiger partial charge in [-0.25, -0.2) is 4.98 Å². The number of nitrogens with one attached hydrogen (secondary N) is 1. The molecule has 0 aliphatic carbocycles. The molecule has 0 bridgehead atoms. The Balaban J connectivity index is 2.19. The maximum absolute atomic E-state index is 4.30. The van der Waals surface area contributed by atoms with E-state index in [4.69, 9.17) is 0 Å². The van der Waals surface area contributed by atoms with Crippen molar-refractivity contribution in [1.29, 1.82) is 0 Å². The van der Waals surface area contributed by atoms with Crippen LogP contribution in [0, 0.1) is 0 Å². The zero-order valence-electron chi connectivity index (χ0n) is 9.62. The Kier molecular flexibility index (Phi) is 6.05. The smallest absolute Gasteiger partial charge is 0.182 e. The first-order valence-corrected chi connectivity index (χ1v) is 7.10. The zero-order chi connectivity index (χ0) is 11.1. The summed E-state index contributed by atoms with van der Waals surface area (Å²) in [4.78, 5) is 7.87. The third-order valence-electron chi connectivity index (χ3n) is 1.81. The maximum atomic E-state index is 4.30. The monoisotopic (exact) mass is 245 g/mol. The molecule has 0 fully saturated rings. The van der Waals surface area contributed by atoms with Crippen molar-refractivity contribution in [2.24, 2.45) is 0 Å². The highest BCUT2D eigenvalue weighted by molar-refractivity contribution is 7.98. The molecule has 86 valence electrons. The van der Waals surface area contributed by atoms with Crippen molar-refractivity contribution in [1.82, 2.24) is 9.88 Å². The molecule has 1 aromatic heterocycles. The minimum atomic E-state index is 0.945. The summed E-state index contributed by atoms with van der Waals surface area (Å²) >= 11 is 3.73. The second-order valence-corrected chi connectivity index (χ2v) is 5.74. The summed E-state index contributed by atoms with van der Waals surface area (Å²) in [5, 5.41) is 4.27. The average Bonchev–Trinajstić information content (AvgIpc) is 2.61. The topological polar surface area (TPSA) is 28.2 Å². The number of aromatic nitrogens is 1. The van der Waals surface area contributed by atoms with Crippen LogP contribution in [0.25, 0.3) is 0 Å². The molecular formula is C10H19N3S2. The minimum absolute atomic E-state index is 0.945. The molecule has 0 radical (unpaired) electrons. The van der Waals surface area contributed by atoms with Crippen LogP contribution in [0.4, 0.5) is 5.13 Å². The van der Waals surface area contributed by atoms with E-state index in [1.54, 1.807) is 11.3 Å². The Morgan fingerprint density at radius 3 is 3.00 bits per heavy atom. The van der Waals surface area contributed by atoms with Gasteiger partial charge in [-0.2, -0.15) is 11.8 Å². The van der Waals surface area contributed by atoms with Gasteiger partial charge < -0.3 is 10.2 Å². The second-order valence-electron chi connectivity index (χ2n) is 3.52. The van der Waals surface area contributed by atoms with E-state index in [0.717, 1.165) is 24.0 Å². The van der Waals surface area contributed by atoms with Gasteiger partial charge in [0.15, 0.2) is 5.13 Å². The molecule has 0 aliphatic heterocycles. The molecule has 1 heterocycles. The van der Waals surface area contributed by atoms with Gasteiger partial charge in [0.2, 0.25) is 0 Å². The zero-order valence-corrected chi connectivity index (χ0v) is 11.2. The van der Waals surface area contributed by atoms with E-state index in [0.29, 0.717) is 0 Å². The number of thiazole rings is 1. The molecule has 3 nitrogen and oxygen atoms in total. The summed E-state index contributed by atoms with van der Waals surface area (Å²) in [6, 6.07) is 0. The van der Waals surface area contributed by atoms with Gasteiger partial charge in [-0.05, 0) is 21.0 Å². The lowest BCUT2D eigenvalue weighted by Crippen LogP contribution is -2.14. The fourth-order valence-electron chi connectivity index (χ4n) is 1.03. The number of hydrogen-bond acceptors (Lipinski definition) is 5. The SMILES string of the molecule is CCNc1ncc(CSCCN(C)C)s1. The van der Waals surface area contributed by atoms with Gasteiger partial charge in [0, 0.05) is 35.7 Å². The summed E-state index contributed by atoms with van der Waals surface area (Å²) in [6.45, 7) is 4.18. The van der Waals surface area contributed by atoms with E-state index in [2.05, 4.69) is 36.2 Å². The minimum Gasteiger partial charge on any atom is -0.362 e. The van der Waals surface area contributed by atoms with Crippen LogP contribution >= 0.6 is 23.1 Å². The van der Waals surface area contributed by atoms with Gasteiger partial charge in [-0.3, -0.25) is 0 Å². The van der Waals surface area contributed by atoms with Crippen molar-refractivity contribution in [3.05, 3.63) is 11.1 Å². The summed E-state index contributed by atoms with van der Waals surface area (Å²) in [5.74, 6) is 2.26. The van der Waals surface area contributed by atoms with Gasteiger partial charge in [0.1, 0.15) is 0 Å². The summed E-state index contributed by atoms with van der Waals surface area (Å²) < 4.78 is 0. The second kappa shape index (κ2) is 7.09. The summed E-state index contributed by atoms with van der Waals surface area (Å²) in [6.07, 6.45) is 1.98. The van der Waals surface area contributed by atoms with Crippen molar-refractivity contribution in [3.63, 3.8) is 0 Å². The maximum Gasteiger partial charge on any atom is 0.182 e. The molecule has 1 N–H and O–H groups in total. The lowest BCUT2D eigenvalue weighted by Gasteiger charge is -2.07. The third kappa shape index (κ3) is 5.39. The van der Waals surface area contributed by atoms with Crippen LogP contribution in [0.5, 0.6) is 0 Å². The average molecular weight is 245 g/mol. The van der Waals surface area contributed by atoms with Crippen LogP contribution in [0.2, 0.25) is 0 Å². The van der Waals surface area contributed by atoms with E-state index in [9.17, 15) is 0 Å². The first kappa shape index (κ1) is 12.8. The number of thioether (sulfide) groups is 1. The molecule has 0 unspecified atom stereocenters. The molecule has 0 saturated heterocycles. The quantitative estimate of drug-likeness (QED) is 0.747. The summed E-state index contributed by atoms with van der Waals surface area (Å²) in [5.41, 5.74) is 0. The predicted octanol–water partition coefficient (Wildman–Crippen LogP) is 2.37. The third-order valence-corrected chi connectivity index (χ3v) is 3.93. The van der Waals surface area contributed by atoms with Crippen molar-refractivity contribution < 1.29 is 0 Å². The molecule has 1 aromatic rings. The van der Waals surface area contributed by atoms with Gasteiger partial charge >= 0.3 is 0 Å². The Hall–Kier alpha value is -0.260. The molecule has 0 saturated carbocycles. The summed E-state index contributed by atoms with van der Waals surface area (Å²) in [7, 11) is 4.22. The first-order valence-electron chi connectivity index (χ1n) is 5.13. The van der Waals surface area contributed by atoms with Gasteiger partial charge in [-0.1, -0.05) is 0 Å². The lowest BCUT2D eigenvalue weighted by molar-refractivity contribution is 0.437. The Morgan fingerprint density at radius 1 is 1.53 bits per heavy atom. The van der Waals surface area contributed by atoms with E-state index < -0.39 is 0 Å². The Bertz CT molecular complexity index is 273. The number of nitrogens with zero attached hydrogens (tertiary/aromatic N) is 2. The van der Waals surface area contributed by atoms with Crippen LogP contribution < -0.4 is 5.32 Å². The Morgan fingerprint density at radius 2 is 2.33 bits per heavy atom. The Labute approximate surface area is 100 Å². The van der Waals surface area contributed by atoms with Crippen LogP contribution in [-0.4, -0.2) is 42.8 Å². The van der Waals surface area contributed by atoms with Crippen molar-refractivity contribution in [3.8, 4) is 0 Å². The molecule has 0 spiro atoms. The molecule has 1 rings (SSSR count). The number of rotatable bonds is 7. The van der Waals surface area contributed by atoms with E-state index in [1.165, 1.54) is 10.6 Å². The van der Waals surface area contributed by atoms with Crippen molar-refractivity contribution in [2.45, 2.75) is 12.7 Å². The van der Waals surface area contributed by atoms with Crippen LogP contribution in [0.15, 0.2) is 6.20 Å². The number of anilines is 1.